The van der Waals surface area contributed by atoms with Gasteiger partial charge in [0.15, 0.2) is 6.61 Å². The molecular weight excluding hydrogens is 369 g/mol. The lowest BCUT2D eigenvalue weighted by Gasteiger charge is -2.16. The van der Waals surface area contributed by atoms with Crippen molar-refractivity contribution >= 4 is 11.6 Å². The van der Waals surface area contributed by atoms with Crippen LogP contribution >= 0.6 is 11.6 Å². The van der Waals surface area contributed by atoms with E-state index in [1.807, 2.05) is 24.3 Å². The number of ether oxygens (including phenoxy) is 1. The van der Waals surface area contributed by atoms with E-state index in [4.69, 9.17) is 20.8 Å². The summed E-state index contributed by atoms with van der Waals surface area (Å²) in [4.78, 5) is 2.34. The molecule has 3 aromatic rings. The van der Waals surface area contributed by atoms with Crippen LogP contribution in [0.2, 0.25) is 5.02 Å². The van der Waals surface area contributed by atoms with Crippen molar-refractivity contribution in [2.24, 2.45) is 0 Å². The van der Waals surface area contributed by atoms with Crippen LogP contribution in [0.25, 0.3) is 0 Å². The van der Waals surface area contributed by atoms with Crippen molar-refractivity contribution in [2.75, 3.05) is 13.1 Å². The first-order valence-electron chi connectivity index (χ1n) is 8.84. The molecule has 1 atom stereocenters. The Bertz CT molecular complexity index is 900. The first-order chi connectivity index (χ1) is 13.2. The van der Waals surface area contributed by atoms with Gasteiger partial charge in [0, 0.05) is 18.1 Å². The number of likely N-dealkylation sites (tertiary alicyclic amines) is 1. The van der Waals surface area contributed by atoms with Gasteiger partial charge in [0.1, 0.15) is 11.6 Å². The molecule has 27 heavy (non-hydrogen) atoms. The number of hydrogen-bond acceptors (Lipinski definition) is 5. The minimum atomic E-state index is -0.301. The molecule has 1 aliphatic heterocycles. The standard InChI is InChI=1S/C20H19ClFN3O2/c21-18-4-2-1-3-14(18)11-25-10-9-15(12-25)20-24-23-19(27-20)13-26-17-7-5-16(22)6-8-17/h1-8,15H,9-13H2. The summed E-state index contributed by atoms with van der Waals surface area (Å²) in [5.74, 6) is 1.51. The van der Waals surface area contributed by atoms with Gasteiger partial charge in [-0.3, -0.25) is 4.90 Å². The fourth-order valence-corrected chi connectivity index (χ4v) is 3.41. The molecule has 0 N–H and O–H groups in total. The van der Waals surface area contributed by atoms with Gasteiger partial charge in [-0.05, 0) is 48.9 Å². The van der Waals surface area contributed by atoms with Crippen LogP contribution in [0.5, 0.6) is 5.75 Å². The van der Waals surface area contributed by atoms with Gasteiger partial charge in [0.2, 0.25) is 5.89 Å². The Kier molecular flexibility index (Phi) is 5.36. The highest BCUT2D eigenvalue weighted by Crippen LogP contribution is 2.28. The second kappa shape index (κ2) is 8.06. The van der Waals surface area contributed by atoms with Crippen molar-refractivity contribution in [3.05, 3.63) is 76.7 Å². The van der Waals surface area contributed by atoms with E-state index >= 15 is 0 Å². The molecule has 2 heterocycles. The summed E-state index contributed by atoms with van der Waals surface area (Å²) in [6.45, 7) is 2.78. The SMILES string of the molecule is Fc1ccc(OCc2nnc(C3CCN(Cc4ccccc4Cl)C3)o2)cc1. The van der Waals surface area contributed by atoms with Crippen LogP contribution in [0.3, 0.4) is 0 Å². The van der Waals surface area contributed by atoms with Crippen LogP contribution in [0, 0.1) is 5.82 Å². The second-order valence-corrected chi connectivity index (χ2v) is 7.00. The predicted octanol–water partition coefficient (Wildman–Crippen LogP) is 4.43. The average Bonchev–Trinajstić information content (AvgIpc) is 3.32. The van der Waals surface area contributed by atoms with Crippen LogP contribution < -0.4 is 4.74 Å². The highest BCUT2D eigenvalue weighted by Gasteiger charge is 2.28. The largest absolute Gasteiger partial charge is 0.484 e. The third-order valence-electron chi connectivity index (χ3n) is 4.63. The molecule has 1 fully saturated rings. The van der Waals surface area contributed by atoms with Crippen molar-refractivity contribution in [1.29, 1.82) is 0 Å². The van der Waals surface area contributed by atoms with Crippen molar-refractivity contribution in [1.82, 2.24) is 15.1 Å². The third-order valence-corrected chi connectivity index (χ3v) is 5.00. The van der Waals surface area contributed by atoms with E-state index in [1.165, 1.54) is 12.1 Å². The summed E-state index contributed by atoms with van der Waals surface area (Å²) in [6, 6.07) is 13.7. The molecule has 1 aromatic heterocycles. The Morgan fingerprint density at radius 3 is 2.78 bits per heavy atom. The highest BCUT2D eigenvalue weighted by molar-refractivity contribution is 6.31. The van der Waals surface area contributed by atoms with Gasteiger partial charge < -0.3 is 9.15 Å². The first kappa shape index (κ1) is 17.9. The number of nitrogens with zero attached hydrogens (tertiary/aromatic N) is 3. The van der Waals surface area contributed by atoms with E-state index in [1.54, 1.807) is 12.1 Å². The van der Waals surface area contributed by atoms with Crippen LogP contribution in [-0.4, -0.2) is 28.2 Å². The molecule has 0 saturated carbocycles. The molecule has 0 amide bonds. The molecule has 7 heteroatoms. The summed E-state index contributed by atoms with van der Waals surface area (Å²) in [5, 5.41) is 9.03. The lowest BCUT2D eigenvalue weighted by Crippen LogP contribution is -2.20. The van der Waals surface area contributed by atoms with Gasteiger partial charge in [0.25, 0.3) is 5.89 Å². The fraction of sp³-hybridized carbons (Fsp3) is 0.300. The zero-order valence-corrected chi connectivity index (χ0v) is 15.4. The molecule has 4 rings (SSSR count). The van der Waals surface area contributed by atoms with E-state index < -0.39 is 0 Å². The normalized spacial score (nSPS) is 17.3. The minimum Gasteiger partial charge on any atom is -0.484 e. The molecular formula is C20H19ClFN3O2. The van der Waals surface area contributed by atoms with E-state index in [-0.39, 0.29) is 18.3 Å². The monoisotopic (exact) mass is 387 g/mol. The Morgan fingerprint density at radius 2 is 1.96 bits per heavy atom. The smallest absolute Gasteiger partial charge is 0.253 e. The summed E-state index contributed by atoms with van der Waals surface area (Å²) in [6.07, 6.45) is 0.963. The number of hydrogen-bond donors (Lipinski definition) is 0. The molecule has 5 nitrogen and oxygen atoms in total. The Hall–Kier alpha value is -2.44. The number of rotatable bonds is 6. The molecule has 2 aromatic carbocycles. The Balaban J connectivity index is 1.32. The number of halogens is 2. The predicted molar refractivity (Wildman–Crippen MR) is 99.1 cm³/mol. The first-order valence-corrected chi connectivity index (χ1v) is 9.21. The summed E-state index contributed by atoms with van der Waals surface area (Å²) in [5.41, 5.74) is 1.12. The maximum atomic E-state index is 12.9. The summed E-state index contributed by atoms with van der Waals surface area (Å²) >= 11 is 6.25. The zero-order valence-electron chi connectivity index (χ0n) is 14.6. The zero-order chi connectivity index (χ0) is 18.6. The van der Waals surface area contributed by atoms with Crippen molar-refractivity contribution in [3.8, 4) is 5.75 Å². The van der Waals surface area contributed by atoms with Gasteiger partial charge in [-0.15, -0.1) is 10.2 Å². The summed E-state index contributed by atoms with van der Waals surface area (Å²) < 4.78 is 24.2. The maximum Gasteiger partial charge on any atom is 0.253 e. The maximum absolute atomic E-state index is 12.9. The van der Waals surface area contributed by atoms with Gasteiger partial charge in [-0.25, -0.2) is 4.39 Å². The highest BCUT2D eigenvalue weighted by atomic mass is 35.5. The van der Waals surface area contributed by atoms with E-state index in [9.17, 15) is 4.39 Å². The molecule has 0 radical (unpaired) electrons. The quantitative estimate of drug-likeness (QED) is 0.626. The third kappa shape index (κ3) is 4.46. The fourth-order valence-electron chi connectivity index (χ4n) is 3.21. The second-order valence-electron chi connectivity index (χ2n) is 6.59. The van der Waals surface area contributed by atoms with Crippen LogP contribution in [0.1, 0.15) is 29.7 Å². The van der Waals surface area contributed by atoms with E-state index in [2.05, 4.69) is 15.1 Å². The lowest BCUT2D eigenvalue weighted by atomic mass is 10.1. The number of benzene rings is 2. The molecule has 140 valence electrons. The molecule has 1 aliphatic rings. The van der Waals surface area contributed by atoms with Crippen LogP contribution in [0.4, 0.5) is 4.39 Å². The van der Waals surface area contributed by atoms with Crippen LogP contribution in [0.15, 0.2) is 52.9 Å². The van der Waals surface area contributed by atoms with Gasteiger partial charge >= 0.3 is 0 Å². The lowest BCUT2D eigenvalue weighted by molar-refractivity contribution is 0.255. The molecule has 0 aliphatic carbocycles. The van der Waals surface area contributed by atoms with E-state index in [0.29, 0.717) is 17.5 Å². The van der Waals surface area contributed by atoms with Crippen molar-refractivity contribution < 1.29 is 13.5 Å². The Labute approximate surface area is 161 Å². The van der Waals surface area contributed by atoms with Gasteiger partial charge in [0.05, 0.1) is 5.92 Å². The van der Waals surface area contributed by atoms with Crippen molar-refractivity contribution in [2.45, 2.75) is 25.5 Å². The van der Waals surface area contributed by atoms with Gasteiger partial charge in [-0.2, -0.15) is 0 Å². The molecule has 1 unspecified atom stereocenters. The molecule has 1 saturated heterocycles. The van der Waals surface area contributed by atoms with Gasteiger partial charge in [-0.1, -0.05) is 29.8 Å². The molecule has 0 spiro atoms. The summed E-state index contributed by atoms with van der Waals surface area (Å²) in [7, 11) is 0. The van der Waals surface area contributed by atoms with E-state index in [0.717, 1.165) is 36.6 Å². The molecule has 0 bridgehead atoms. The topological polar surface area (TPSA) is 51.4 Å². The average molecular weight is 388 g/mol. The Morgan fingerprint density at radius 1 is 1.15 bits per heavy atom. The van der Waals surface area contributed by atoms with Crippen molar-refractivity contribution in [3.63, 3.8) is 0 Å². The van der Waals surface area contributed by atoms with Crippen LogP contribution in [-0.2, 0) is 13.2 Å². The number of aromatic nitrogens is 2. The minimum absolute atomic E-state index is 0.161.